The average molecular weight is 243 g/mol. The fraction of sp³-hybridized carbons (Fsp3) is 0.0769. The highest BCUT2D eigenvalue weighted by Crippen LogP contribution is 2.35. The standard InChI is InChI=1S/C13H13N3O2/c14-9-5-7-10(8-6-9)17-13(15)16-11-3-1-2-4-12(11)18-13/h1-8,16H,14-15H2. The lowest BCUT2D eigenvalue weighted by molar-refractivity contribution is -0.0709. The Morgan fingerprint density at radius 3 is 2.50 bits per heavy atom. The molecule has 1 heterocycles. The highest BCUT2D eigenvalue weighted by molar-refractivity contribution is 5.60. The minimum absolute atomic E-state index is 0.576. The molecule has 5 nitrogen and oxygen atoms in total. The number of fused-ring (bicyclic) bond motifs is 1. The Morgan fingerprint density at radius 2 is 1.78 bits per heavy atom. The van der Waals surface area contributed by atoms with Crippen LogP contribution in [0.5, 0.6) is 11.5 Å². The predicted molar refractivity (Wildman–Crippen MR) is 69.1 cm³/mol. The monoisotopic (exact) mass is 243 g/mol. The van der Waals surface area contributed by atoms with E-state index in [1.54, 1.807) is 24.3 Å². The van der Waals surface area contributed by atoms with Crippen LogP contribution < -0.4 is 26.3 Å². The van der Waals surface area contributed by atoms with E-state index in [0.717, 1.165) is 5.69 Å². The minimum Gasteiger partial charge on any atom is -0.423 e. The van der Waals surface area contributed by atoms with E-state index in [-0.39, 0.29) is 0 Å². The van der Waals surface area contributed by atoms with Crippen molar-refractivity contribution in [2.45, 2.75) is 6.03 Å². The molecule has 0 saturated heterocycles. The summed E-state index contributed by atoms with van der Waals surface area (Å²) in [4.78, 5) is 0. The number of para-hydroxylation sites is 2. The number of benzene rings is 2. The lowest BCUT2D eigenvalue weighted by Crippen LogP contribution is -2.55. The Hall–Kier alpha value is -2.40. The first kappa shape index (κ1) is 10.7. The zero-order valence-electron chi connectivity index (χ0n) is 9.59. The molecule has 1 aliphatic rings. The van der Waals surface area contributed by atoms with Gasteiger partial charge in [-0.25, -0.2) is 5.73 Å². The van der Waals surface area contributed by atoms with Gasteiger partial charge in [0.1, 0.15) is 5.75 Å². The number of nitrogen functional groups attached to an aromatic ring is 1. The van der Waals surface area contributed by atoms with Crippen LogP contribution in [-0.4, -0.2) is 6.03 Å². The number of nitrogens with two attached hydrogens (primary N) is 2. The van der Waals surface area contributed by atoms with Crippen LogP contribution in [0.2, 0.25) is 0 Å². The molecule has 92 valence electrons. The molecule has 2 aromatic rings. The van der Waals surface area contributed by atoms with Crippen molar-refractivity contribution < 1.29 is 9.47 Å². The Kier molecular flexibility index (Phi) is 2.28. The van der Waals surface area contributed by atoms with Crippen LogP contribution in [-0.2, 0) is 0 Å². The SMILES string of the molecule is Nc1ccc(OC2(N)Nc3ccccc3O2)cc1. The number of hydrogen-bond acceptors (Lipinski definition) is 5. The zero-order valence-corrected chi connectivity index (χ0v) is 9.59. The van der Waals surface area contributed by atoms with Gasteiger partial charge in [-0.2, -0.15) is 0 Å². The van der Waals surface area contributed by atoms with Crippen molar-refractivity contribution in [1.82, 2.24) is 0 Å². The fourth-order valence-corrected chi connectivity index (χ4v) is 1.79. The molecule has 0 saturated carbocycles. The summed E-state index contributed by atoms with van der Waals surface area (Å²) in [6.07, 6.45) is 0. The molecule has 0 bridgehead atoms. The number of ether oxygens (including phenoxy) is 2. The maximum Gasteiger partial charge on any atom is 0.403 e. The maximum absolute atomic E-state index is 5.99. The van der Waals surface area contributed by atoms with E-state index < -0.39 is 6.03 Å². The summed E-state index contributed by atoms with van der Waals surface area (Å²) in [6, 6.07) is 13.0. The Balaban J connectivity index is 1.80. The molecule has 1 aliphatic heterocycles. The highest BCUT2D eigenvalue weighted by Gasteiger charge is 2.37. The summed E-state index contributed by atoms with van der Waals surface area (Å²) in [5.41, 5.74) is 13.1. The summed E-state index contributed by atoms with van der Waals surface area (Å²) in [5, 5.41) is 2.98. The third kappa shape index (κ3) is 1.91. The molecule has 5 heteroatoms. The molecule has 0 amide bonds. The van der Waals surface area contributed by atoms with Gasteiger partial charge in [-0.3, -0.25) is 5.32 Å². The third-order valence-corrected chi connectivity index (χ3v) is 2.61. The van der Waals surface area contributed by atoms with Crippen molar-refractivity contribution in [2.24, 2.45) is 5.73 Å². The van der Waals surface area contributed by atoms with E-state index in [4.69, 9.17) is 20.9 Å². The first-order chi connectivity index (χ1) is 8.65. The molecule has 0 aromatic heterocycles. The minimum atomic E-state index is -1.39. The fourth-order valence-electron chi connectivity index (χ4n) is 1.79. The summed E-state index contributed by atoms with van der Waals surface area (Å²) < 4.78 is 11.1. The quantitative estimate of drug-likeness (QED) is 0.552. The molecule has 0 fully saturated rings. The van der Waals surface area contributed by atoms with E-state index >= 15 is 0 Å². The van der Waals surface area contributed by atoms with Crippen molar-refractivity contribution >= 4 is 11.4 Å². The number of anilines is 2. The normalized spacial score (nSPS) is 20.7. The van der Waals surface area contributed by atoms with Crippen molar-refractivity contribution in [2.75, 3.05) is 11.1 Å². The second-order valence-corrected chi connectivity index (χ2v) is 4.06. The van der Waals surface area contributed by atoms with E-state index in [9.17, 15) is 0 Å². The second kappa shape index (κ2) is 3.82. The van der Waals surface area contributed by atoms with Crippen LogP contribution in [0.15, 0.2) is 48.5 Å². The Morgan fingerprint density at radius 1 is 1.06 bits per heavy atom. The molecule has 5 N–H and O–H groups in total. The smallest absolute Gasteiger partial charge is 0.403 e. The van der Waals surface area contributed by atoms with Gasteiger partial charge in [0.05, 0.1) is 5.69 Å². The van der Waals surface area contributed by atoms with Gasteiger partial charge in [0.2, 0.25) is 0 Å². The van der Waals surface area contributed by atoms with Gasteiger partial charge in [-0.05, 0) is 36.4 Å². The van der Waals surface area contributed by atoms with Gasteiger partial charge in [-0.15, -0.1) is 0 Å². The molecule has 3 rings (SSSR count). The number of nitrogens with one attached hydrogen (secondary N) is 1. The van der Waals surface area contributed by atoms with Gasteiger partial charge in [0, 0.05) is 5.69 Å². The van der Waals surface area contributed by atoms with E-state index in [0.29, 0.717) is 17.2 Å². The van der Waals surface area contributed by atoms with Crippen LogP contribution in [0.4, 0.5) is 11.4 Å². The van der Waals surface area contributed by atoms with Crippen molar-refractivity contribution in [1.29, 1.82) is 0 Å². The van der Waals surface area contributed by atoms with E-state index in [1.165, 1.54) is 0 Å². The molecule has 1 atom stereocenters. The predicted octanol–water partition coefficient (Wildman–Crippen LogP) is 1.72. The molecule has 2 aromatic carbocycles. The van der Waals surface area contributed by atoms with Crippen LogP contribution in [0.3, 0.4) is 0 Å². The zero-order chi connectivity index (χ0) is 12.6. The maximum atomic E-state index is 5.99. The van der Waals surface area contributed by atoms with Crippen LogP contribution >= 0.6 is 0 Å². The van der Waals surface area contributed by atoms with Crippen LogP contribution in [0.1, 0.15) is 0 Å². The Labute approximate surface area is 104 Å². The summed E-state index contributed by atoms with van der Waals surface area (Å²) in [7, 11) is 0. The molecule has 0 spiro atoms. The van der Waals surface area contributed by atoms with E-state index in [1.807, 2.05) is 24.3 Å². The molecular formula is C13H13N3O2. The van der Waals surface area contributed by atoms with Gasteiger partial charge in [-0.1, -0.05) is 12.1 Å². The average Bonchev–Trinajstić information content (AvgIpc) is 2.68. The van der Waals surface area contributed by atoms with Crippen LogP contribution in [0.25, 0.3) is 0 Å². The van der Waals surface area contributed by atoms with Crippen LogP contribution in [0, 0.1) is 0 Å². The number of rotatable bonds is 2. The summed E-state index contributed by atoms with van der Waals surface area (Å²) in [6.45, 7) is 0. The summed E-state index contributed by atoms with van der Waals surface area (Å²) in [5.74, 6) is 1.24. The molecule has 1 unspecified atom stereocenters. The first-order valence-electron chi connectivity index (χ1n) is 5.54. The summed E-state index contributed by atoms with van der Waals surface area (Å²) >= 11 is 0. The highest BCUT2D eigenvalue weighted by atomic mass is 16.7. The second-order valence-electron chi connectivity index (χ2n) is 4.06. The third-order valence-electron chi connectivity index (χ3n) is 2.61. The van der Waals surface area contributed by atoms with Gasteiger partial charge >= 0.3 is 6.03 Å². The van der Waals surface area contributed by atoms with E-state index in [2.05, 4.69) is 5.32 Å². The van der Waals surface area contributed by atoms with Crippen molar-refractivity contribution in [3.63, 3.8) is 0 Å². The topological polar surface area (TPSA) is 82.5 Å². The largest absolute Gasteiger partial charge is 0.423 e. The molecule has 0 radical (unpaired) electrons. The lowest BCUT2D eigenvalue weighted by Gasteiger charge is -2.24. The molecular weight excluding hydrogens is 230 g/mol. The van der Waals surface area contributed by atoms with Gasteiger partial charge in [0.25, 0.3) is 0 Å². The lowest BCUT2D eigenvalue weighted by atomic mass is 10.3. The van der Waals surface area contributed by atoms with Gasteiger partial charge in [0.15, 0.2) is 5.75 Å². The van der Waals surface area contributed by atoms with Gasteiger partial charge < -0.3 is 15.2 Å². The van der Waals surface area contributed by atoms with Crippen molar-refractivity contribution in [3.05, 3.63) is 48.5 Å². The Bertz CT molecular complexity index is 544. The molecule has 0 aliphatic carbocycles. The first-order valence-corrected chi connectivity index (χ1v) is 5.54. The van der Waals surface area contributed by atoms with Crippen molar-refractivity contribution in [3.8, 4) is 11.5 Å². The number of hydrogen-bond donors (Lipinski definition) is 3. The molecule has 18 heavy (non-hydrogen) atoms.